The molecule has 2 amide bonds. The van der Waals surface area contributed by atoms with Gasteiger partial charge in [-0.05, 0) is 30.3 Å². The van der Waals surface area contributed by atoms with E-state index >= 15 is 0 Å². The number of nitro groups is 1. The predicted octanol–water partition coefficient (Wildman–Crippen LogP) is 1.07. The highest BCUT2D eigenvalue weighted by Gasteiger charge is 2.26. The molecule has 0 spiro atoms. The van der Waals surface area contributed by atoms with Gasteiger partial charge < -0.3 is 0 Å². The minimum Gasteiger partial charge on any atom is -0.299 e. The molecule has 0 aliphatic carbocycles. The molecule has 1 saturated heterocycles. The zero-order valence-electron chi connectivity index (χ0n) is 11.0. The molecule has 0 radical (unpaired) electrons. The van der Waals surface area contributed by atoms with E-state index in [-0.39, 0.29) is 16.4 Å². The van der Waals surface area contributed by atoms with Crippen LogP contribution in [0.4, 0.5) is 5.69 Å². The molecule has 2 N–H and O–H groups in total. The van der Waals surface area contributed by atoms with Crippen LogP contribution < -0.4 is 10.6 Å². The number of carbonyl (C=O) groups excluding carboxylic acids is 2. The van der Waals surface area contributed by atoms with Crippen LogP contribution in [0, 0.1) is 10.1 Å². The Labute approximate surface area is 125 Å². The quantitative estimate of drug-likeness (QED) is 0.286. The van der Waals surface area contributed by atoms with E-state index in [2.05, 4.69) is 22.9 Å². The van der Waals surface area contributed by atoms with E-state index in [0.717, 1.165) is 0 Å². The minimum atomic E-state index is -0.633. The van der Waals surface area contributed by atoms with Crippen molar-refractivity contribution in [3.05, 3.63) is 45.0 Å². The Kier molecular flexibility index (Phi) is 4.08. The van der Waals surface area contributed by atoms with Gasteiger partial charge in [0.1, 0.15) is 5.57 Å². The van der Waals surface area contributed by atoms with Gasteiger partial charge in [-0.2, -0.15) is 0 Å². The topological polar surface area (TPSA) is 101 Å². The Bertz CT molecular complexity index is 675. The molecule has 21 heavy (non-hydrogen) atoms. The van der Waals surface area contributed by atoms with Crippen molar-refractivity contribution in [2.75, 3.05) is 0 Å². The summed E-state index contributed by atoms with van der Waals surface area (Å²) in [6.45, 7) is 1.81. The fourth-order valence-electron chi connectivity index (χ4n) is 1.91. The zero-order chi connectivity index (χ0) is 15.6. The van der Waals surface area contributed by atoms with E-state index in [1.54, 1.807) is 12.1 Å². The van der Waals surface area contributed by atoms with Gasteiger partial charge in [-0.3, -0.25) is 30.3 Å². The number of hydrogen-bond donors (Lipinski definition) is 2. The number of nitrogens with zero attached hydrogens (tertiary/aromatic N) is 1. The summed E-state index contributed by atoms with van der Waals surface area (Å²) in [6.07, 6.45) is 1.81. The molecule has 1 aromatic rings. The SMILES string of the molecule is CCc1ccc(C=C2C(=O)NC(=S)NC2=O)cc1[N+](=O)[O-]. The monoisotopic (exact) mass is 305 g/mol. The first-order chi connectivity index (χ1) is 9.92. The summed E-state index contributed by atoms with van der Waals surface area (Å²) < 4.78 is 0. The van der Waals surface area contributed by atoms with Crippen molar-refractivity contribution in [1.82, 2.24) is 10.6 Å². The maximum absolute atomic E-state index is 11.7. The van der Waals surface area contributed by atoms with Crippen LogP contribution in [0.1, 0.15) is 18.1 Å². The molecule has 8 heteroatoms. The van der Waals surface area contributed by atoms with E-state index in [0.29, 0.717) is 17.5 Å². The van der Waals surface area contributed by atoms with E-state index in [1.165, 1.54) is 12.1 Å². The fourth-order valence-corrected chi connectivity index (χ4v) is 2.10. The molecule has 0 aromatic heterocycles. The normalized spacial score (nSPS) is 14.5. The third-order valence-electron chi connectivity index (χ3n) is 2.94. The fraction of sp³-hybridized carbons (Fsp3) is 0.154. The number of nitrogens with one attached hydrogen (secondary N) is 2. The van der Waals surface area contributed by atoms with Crippen molar-refractivity contribution in [3.63, 3.8) is 0 Å². The Hall–Kier alpha value is -2.61. The molecule has 1 aliphatic heterocycles. The van der Waals surface area contributed by atoms with Gasteiger partial charge in [0, 0.05) is 11.6 Å². The molecule has 108 valence electrons. The van der Waals surface area contributed by atoms with Gasteiger partial charge in [-0.15, -0.1) is 0 Å². The molecule has 1 fully saturated rings. The average Bonchev–Trinajstić information content (AvgIpc) is 2.42. The molecular formula is C13H11N3O4S. The first-order valence-corrected chi connectivity index (χ1v) is 6.49. The lowest BCUT2D eigenvalue weighted by atomic mass is 10.0. The summed E-state index contributed by atoms with van der Waals surface area (Å²) in [4.78, 5) is 33.9. The molecular weight excluding hydrogens is 294 g/mol. The third-order valence-corrected chi connectivity index (χ3v) is 3.15. The molecule has 0 unspecified atom stereocenters. The van der Waals surface area contributed by atoms with Gasteiger partial charge in [0.05, 0.1) is 4.92 Å². The lowest BCUT2D eigenvalue weighted by Gasteiger charge is -2.16. The number of rotatable bonds is 3. The molecule has 1 heterocycles. The highest BCUT2D eigenvalue weighted by atomic mass is 32.1. The highest BCUT2D eigenvalue weighted by molar-refractivity contribution is 7.80. The van der Waals surface area contributed by atoms with E-state index in [1.807, 2.05) is 6.92 Å². The molecule has 0 bridgehead atoms. The van der Waals surface area contributed by atoms with Crippen LogP contribution in [0.25, 0.3) is 6.08 Å². The average molecular weight is 305 g/mol. The van der Waals surface area contributed by atoms with E-state index in [4.69, 9.17) is 0 Å². The number of nitro benzene ring substituents is 1. The van der Waals surface area contributed by atoms with Crippen LogP contribution in [-0.4, -0.2) is 21.9 Å². The summed E-state index contributed by atoms with van der Waals surface area (Å²) in [6, 6.07) is 4.55. The lowest BCUT2D eigenvalue weighted by molar-refractivity contribution is -0.385. The van der Waals surface area contributed by atoms with Crippen LogP contribution in [-0.2, 0) is 16.0 Å². The molecule has 0 saturated carbocycles. The van der Waals surface area contributed by atoms with Crippen molar-refractivity contribution >= 4 is 40.9 Å². The van der Waals surface area contributed by atoms with Crippen molar-refractivity contribution < 1.29 is 14.5 Å². The predicted molar refractivity (Wildman–Crippen MR) is 79.3 cm³/mol. The van der Waals surface area contributed by atoms with Crippen molar-refractivity contribution in [2.45, 2.75) is 13.3 Å². The summed E-state index contributed by atoms with van der Waals surface area (Å²) in [7, 11) is 0. The Morgan fingerprint density at radius 1 is 1.29 bits per heavy atom. The maximum atomic E-state index is 11.7. The van der Waals surface area contributed by atoms with Crippen LogP contribution in [0.3, 0.4) is 0 Å². The number of aryl methyl sites for hydroxylation is 1. The second-order valence-corrected chi connectivity index (χ2v) is 4.70. The number of carbonyl (C=O) groups is 2. The second kappa shape index (κ2) is 5.80. The van der Waals surface area contributed by atoms with Gasteiger partial charge in [0.2, 0.25) is 0 Å². The van der Waals surface area contributed by atoms with Gasteiger partial charge in [0.25, 0.3) is 17.5 Å². The zero-order valence-corrected chi connectivity index (χ0v) is 11.8. The lowest BCUT2D eigenvalue weighted by Crippen LogP contribution is -2.51. The number of benzene rings is 1. The van der Waals surface area contributed by atoms with Crippen LogP contribution in [0.15, 0.2) is 23.8 Å². The molecule has 1 aromatic carbocycles. The largest absolute Gasteiger partial charge is 0.299 e. The summed E-state index contributed by atoms with van der Waals surface area (Å²) >= 11 is 4.68. The van der Waals surface area contributed by atoms with Crippen LogP contribution >= 0.6 is 12.2 Å². The first kappa shape index (κ1) is 14.8. The minimum absolute atomic E-state index is 0.0426. The van der Waals surface area contributed by atoms with E-state index < -0.39 is 16.7 Å². The summed E-state index contributed by atoms with van der Waals surface area (Å²) in [5.74, 6) is -1.27. The van der Waals surface area contributed by atoms with Gasteiger partial charge >= 0.3 is 0 Å². The van der Waals surface area contributed by atoms with E-state index in [9.17, 15) is 19.7 Å². The summed E-state index contributed by atoms with van der Waals surface area (Å²) in [5.41, 5.74) is 0.786. The first-order valence-electron chi connectivity index (χ1n) is 6.08. The van der Waals surface area contributed by atoms with Crippen molar-refractivity contribution in [1.29, 1.82) is 0 Å². The molecule has 7 nitrogen and oxygen atoms in total. The van der Waals surface area contributed by atoms with Crippen LogP contribution in [0.2, 0.25) is 0 Å². The van der Waals surface area contributed by atoms with Crippen LogP contribution in [0.5, 0.6) is 0 Å². The summed E-state index contributed by atoms with van der Waals surface area (Å²) in [5, 5.41) is 15.5. The Balaban J connectivity index is 2.43. The number of thiocarbonyl (C=S) groups is 1. The van der Waals surface area contributed by atoms with Gasteiger partial charge in [-0.25, -0.2) is 0 Å². The van der Waals surface area contributed by atoms with Gasteiger partial charge in [-0.1, -0.05) is 19.1 Å². The van der Waals surface area contributed by atoms with Gasteiger partial charge in [0.15, 0.2) is 5.11 Å². The van der Waals surface area contributed by atoms with Crippen molar-refractivity contribution in [3.8, 4) is 0 Å². The smallest absolute Gasteiger partial charge is 0.273 e. The van der Waals surface area contributed by atoms with Crippen molar-refractivity contribution in [2.24, 2.45) is 0 Å². The Morgan fingerprint density at radius 3 is 2.43 bits per heavy atom. The standard InChI is InChI=1S/C13H11N3O4S/c1-2-8-4-3-7(6-10(8)16(19)20)5-9-11(17)14-13(21)15-12(9)18/h3-6H,2H2,1H3,(H2,14,15,17,18,21). The third kappa shape index (κ3) is 3.11. The molecule has 0 atom stereocenters. The maximum Gasteiger partial charge on any atom is 0.273 e. The Morgan fingerprint density at radius 2 is 1.90 bits per heavy atom. The number of hydrogen-bond acceptors (Lipinski definition) is 5. The second-order valence-electron chi connectivity index (χ2n) is 4.29. The molecule has 2 rings (SSSR count). The molecule has 1 aliphatic rings. The highest BCUT2D eigenvalue weighted by Crippen LogP contribution is 2.22. The number of amides is 2.